The van der Waals surface area contributed by atoms with Crippen LogP contribution in [0.5, 0.6) is 0 Å². The zero-order valence-electron chi connectivity index (χ0n) is 9.05. The summed E-state index contributed by atoms with van der Waals surface area (Å²) >= 11 is 1.84. The molecule has 0 N–H and O–H groups in total. The molecule has 0 bridgehead atoms. The third-order valence-corrected chi connectivity index (χ3v) is 3.86. The Hall–Kier alpha value is -1.41. The van der Waals surface area contributed by atoms with Crippen molar-refractivity contribution < 1.29 is 0 Å². The van der Waals surface area contributed by atoms with E-state index < -0.39 is 0 Å². The summed E-state index contributed by atoms with van der Waals surface area (Å²) in [4.78, 5) is 4.89. The van der Waals surface area contributed by atoms with Crippen LogP contribution in [0.4, 0.5) is 11.4 Å². The monoisotopic (exact) mass is 226 g/mol. The second-order valence-electron chi connectivity index (χ2n) is 3.67. The van der Waals surface area contributed by atoms with Gasteiger partial charge in [0, 0.05) is 9.79 Å². The molecule has 0 saturated heterocycles. The van der Waals surface area contributed by atoms with Crippen molar-refractivity contribution in [2.24, 2.45) is 0 Å². The fourth-order valence-corrected chi connectivity index (χ4v) is 3.08. The van der Waals surface area contributed by atoms with Gasteiger partial charge in [0.15, 0.2) is 0 Å². The summed E-state index contributed by atoms with van der Waals surface area (Å²) in [7, 11) is 0. The van der Waals surface area contributed by atoms with E-state index in [1.165, 1.54) is 21.2 Å². The number of hydrogen-bond donors (Lipinski definition) is 0. The van der Waals surface area contributed by atoms with E-state index in [1.54, 1.807) is 0 Å². The second kappa shape index (κ2) is 3.87. The molecule has 3 rings (SSSR count). The Morgan fingerprint density at radius 1 is 0.875 bits per heavy atom. The number of benzene rings is 2. The predicted octanol–water partition coefficient (Wildman–Crippen LogP) is 4.47. The largest absolute Gasteiger partial charge is 0.335 e. The summed E-state index contributed by atoms with van der Waals surface area (Å²) in [5.74, 6) is 0. The highest BCUT2D eigenvalue weighted by Gasteiger charge is 2.21. The third kappa shape index (κ3) is 1.41. The number of para-hydroxylation sites is 2. The minimum atomic E-state index is 1.27. The van der Waals surface area contributed by atoms with Crippen LogP contribution in [-0.2, 0) is 0 Å². The quantitative estimate of drug-likeness (QED) is 0.705. The average molecular weight is 226 g/mol. The van der Waals surface area contributed by atoms with Crippen LogP contribution in [-0.4, -0.2) is 0 Å². The minimum Gasteiger partial charge on any atom is -0.335 e. The van der Waals surface area contributed by atoms with Crippen molar-refractivity contribution in [1.82, 2.24) is 0 Å². The van der Waals surface area contributed by atoms with E-state index in [9.17, 15) is 0 Å². The molecule has 0 unspecified atom stereocenters. The number of hydrogen-bond acceptors (Lipinski definition) is 2. The van der Waals surface area contributed by atoms with Gasteiger partial charge < -0.3 is 4.90 Å². The second-order valence-corrected chi connectivity index (χ2v) is 4.75. The van der Waals surface area contributed by atoms with Crippen LogP contribution in [0.1, 0.15) is 6.92 Å². The molecule has 2 heteroatoms. The van der Waals surface area contributed by atoms with Gasteiger partial charge in [-0.05, 0) is 31.2 Å². The molecule has 0 atom stereocenters. The van der Waals surface area contributed by atoms with Gasteiger partial charge in [-0.15, -0.1) is 0 Å². The van der Waals surface area contributed by atoms with Crippen molar-refractivity contribution in [2.45, 2.75) is 16.7 Å². The van der Waals surface area contributed by atoms with Gasteiger partial charge in [-0.25, -0.2) is 0 Å². The Morgan fingerprint density at radius 3 is 1.88 bits per heavy atom. The third-order valence-electron chi connectivity index (χ3n) is 2.73. The Morgan fingerprint density at radius 2 is 1.38 bits per heavy atom. The van der Waals surface area contributed by atoms with Gasteiger partial charge in [0.25, 0.3) is 0 Å². The van der Waals surface area contributed by atoms with E-state index in [4.69, 9.17) is 0 Å². The maximum atomic E-state index is 2.25. The normalized spacial score (nSPS) is 13.2. The Bertz CT molecular complexity index is 476. The Balaban J connectivity index is 2.19. The van der Waals surface area contributed by atoms with Crippen molar-refractivity contribution in [3.8, 4) is 0 Å². The lowest BCUT2D eigenvalue weighted by Gasteiger charge is -2.31. The van der Waals surface area contributed by atoms with Crippen LogP contribution in [0.15, 0.2) is 58.3 Å². The molecule has 0 aliphatic carbocycles. The van der Waals surface area contributed by atoms with Crippen LogP contribution in [0.25, 0.3) is 0 Å². The highest BCUT2D eigenvalue weighted by atomic mass is 32.2. The first kappa shape index (κ1) is 9.79. The van der Waals surface area contributed by atoms with Gasteiger partial charge in [0.05, 0.1) is 17.9 Å². The van der Waals surface area contributed by atoms with Gasteiger partial charge in [0.1, 0.15) is 0 Å². The van der Waals surface area contributed by atoms with Crippen molar-refractivity contribution >= 4 is 23.1 Å². The lowest BCUT2D eigenvalue weighted by Crippen LogP contribution is -2.15. The summed E-state index contributed by atoms with van der Waals surface area (Å²) in [6.07, 6.45) is 0. The van der Waals surface area contributed by atoms with Crippen molar-refractivity contribution in [3.63, 3.8) is 0 Å². The SMILES string of the molecule is C[CH]N1c2ccccc2Sc2ccccc21. The standard InChI is InChI=1S/C14H12NS/c1-2-15-11-7-3-5-9-13(11)16-14-10-6-4-8-12(14)15/h2-10H,1H3. The summed E-state index contributed by atoms with van der Waals surface area (Å²) in [5, 5.41) is 0. The summed E-state index contributed by atoms with van der Waals surface area (Å²) in [6.45, 7) is 4.20. The molecule has 16 heavy (non-hydrogen) atoms. The van der Waals surface area contributed by atoms with Crippen LogP contribution >= 0.6 is 11.8 Å². The van der Waals surface area contributed by atoms with Crippen molar-refractivity contribution in [1.29, 1.82) is 0 Å². The van der Waals surface area contributed by atoms with Gasteiger partial charge in [-0.2, -0.15) is 0 Å². The lowest BCUT2D eigenvalue weighted by atomic mass is 10.2. The van der Waals surface area contributed by atoms with E-state index >= 15 is 0 Å². The zero-order chi connectivity index (χ0) is 11.0. The minimum absolute atomic E-state index is 1.27. The fourth-order valence-electron chi connectivity index (χ4n) is 2.01. The molecule has 2 aromatic rings. The molecule has 1 nitrogen and oxygen atoms in total. The molecule has 0 spiro atoms. The lowest BCUT2D eigenvalue weighted by molar-refractivity contribution is 1.08. The number of anilines is 2. The first-order valence-corrected chi connectivity index (χ1v) is 6.16. The van der Waals surface area contributed by atoms with Crippen molar-refractivity contribution in [3.05, 3.63) is 55.1 Å². The van der Waals surface area contributed by atoms with E-state index in [2.05, 4.69) is 66.9 Å². The summed E-state index contributed by atoms with van der Waals surface area (Å²) in [5.41, 5.74) is 2.54. The van der Waals surface area contributed by atoms with Crippen molar-refractivity contribution in [2.75, 3.05) is 4.90 Å². The number of rotatable bonds is 1. The summed E-state index contributed by atoms with van der Waals surface area (Å²) in [6, 6.07) is 17.0. The van der Waals surface area contributed by atoms with Gasteiger partial charge in [-0.3, -0.25) is 0 Å². The van der Waals surface area contributed by atoms with Crippen LogP contribution in [0.2, 0.25) is 0 Å². The van der Waals surface area contributed by atoms with Gasteiger partial charge in [0.2, 0.25) is 0 Å². The van der Waals surface area contributed by atoms with Gasteiger partial charge in [-0.1, -0.05) is 36.0 Å². The molecule has 0 amide bonds. The van der Waals surface area contributed by atoms with Crippen LogP contribution in [0.3, 0.4) is 0 Å². The highest BCUT2D eigenvalue weighted by Crippen LogP contribution is 2.48. The fraction of sp³-hybridized carbons (Fsp3) is 0.0714. The predicted molar refractivity (Wildman–Crippen MR) is 69.1 cm³/mol. The molecule has 0 fully saturated rings. The molecule has 0 aromatic heterocycles. The Kier molecular flexibility index (Phi) is 2.37. The van der Waals surface area contributed by atoms with Crippen LogP contribution < -0.4 is 4.90 Å². The molecule has 1 heterocycles. The molecule has 0 saturated carbocycles. The van der Waals surface area contributed by atoms with Gasteiger partial charge >= 0.3 is 0 Å². The highest BCUT2D eigenvalue weighted by molar-refractivity contribution is 7.99. The number of fused-ring (bicyclic) bond motifs is 2. The molecular formula is C14H12NS. The zero-order valence-corrected chi connectivity index (χ0v) is 9.87. The molecule has 2 aromatic carbocycles. The van der Waals surface area contributed by atoms with E-state index in [0.717, 1.165) is 0 Å². The smallest absolute Gasteiger partial charge is 0.0556 e. The molecule has 1 radical (unpaired) electrons. The summed E-state index contributed by atoms with van der Waals surface area (Å²) < 4.78 is 0. The molecule has 1 aliphatic heterocycles. The maximum Gasteiger partial charge on any atom is 0.0556 e. The average Bonchev–Trinajstić information content (AvgIpc) is 2.36. The first-order valence-electron chi connectivity index (χ1n) is 5.35. The molecular weight excluding hydrogens is 214 g/mol. The van der Waals surface area contributed by atoms with E-state index in [0.29, 0.717) is 0 Å². The molecule has 79 valence electrons. The number of nitrogens with zero attached hydrogens (tertiary/aromatic N) is 1. The topological polar surface area (TPSA) is 3.24 Å². The van der Waals surface area contributed by atoms with E-state index in [-0.39, 0.29) is 0 Å². The molecule has 1 aliphatic rings. The first-order chi connectivity index (χ1) is 7.90. The van der Waals surface area contributed by atoms with E-state index in [1.807, 2.05) is 11.8 Å². The Labute approximate surface area is 100 Å². The maximum absolute atomic E-state index is 2.25. The van der Waals surface area contributed by atoms with Crippen LogP contribution in [0, 0.1) is 6.54 Å².